The molecule has 0 saturated carbocycles. The molecule has 0 aliphatic heterocycles. The van der Waals surface area contributed by atoms with Gasteiger partial charge in [0.15, 0.2) is 0 Å². The molecule has 0 atom stereocenters. The summed E-state index contributed by atoms with van der Waals surface area (Å²) in [6.45, 7) is 0. The summed E-state index contributed by atoms with van der Waals surface area (Å²) in [6, 6.07) is 1.74. The molecule has 0 fully saturated rings. The summed E-state index contributed by atoms with van der Waals surface area (Å²) >= 11 is 7.18. The van der Waals surface area contributed by atoms with Crippen LogP contribution in [-0.2, 0) is 15.5 Å². The molecule has 0 N–H and O–H groups in total. The van der Waals surface area contributed by atoms with Gasteiger partial charge in [-0.1, -0.05) is 11.6 Å². The minimum absolute atomic E-state index is 0.0607. The fraction of sp³-hybridized carbons (Fsp3) is 0.333. The van der Waals surface area contributed by atoms with Crippen molar-refractivity contribution in [2.24, 2.45) is 0 Å². The highest BCUT2D eigenvalue weighted by Crippen LogP contribution is 2.22. The van der Waals surface area contributed by atoms with Gasteiger partial charge in [-0.2, -0.15) is 0 Å². The Kier molecular flexibility index (Phi) is 3.40. The Morgan fingerprint density at radius 2 is 2.17 bits per heavy atom. The molecule has 1 aromatic rings. The molecular weight excluding hydrogens is 239 g/mol. The number of hydrogen-bond acceptors (Lipinski definition) is 3. The first kappa shape index (κ1) is 10.3. The first-order chi connectivity index (χ1) is 5.49. The Hall–Kier alpha value is 0.230. The van der Waals surface area contributed by atoms with E-state index >= 15 is 0 Å². The van der Waals surface area contributed by atoms with Crippen molar-refractivity contribution in [3.05, 3.63) is 21.3 Å². The van der Waals surface area contributed by atoms with Gasteiger partial charge in [-0.05, 0) is 17.9 Å². The van der Waals surface area contributed by atoms with E-state index in [2.05, 4.69) is 0 Å². The van der Waals surface area contributed by atoms with E-state index in [1.54, 1.807) is 6.07 Å². The molecule has 0 aliphatic rings. The third-order valence-corrected chi connectivity index (χ3v) is 3.87. The van der Waals surface area contributed by atoms with Gasteiger partial charge in [0.25, 0.3) is 0 Å². The molecule has 0 radical (unpaired) electrons. The minimum Gasteiger partial charge on any atom is -0.212 e. The number of rotatable bonds is 3. The summed E-state index contributed by atoms with van der Waals surface area (Å²) in [6.07, 6.45) is 0.391. The van der Waals surface area contributed by atoms with E-state index in [1.807, 2.05) is 5.38 Å². The highest BCUT2D eigenvalue weighted by atomic mass is 35.7. The summed E-state index contributed by atoms with van der Waals surface area (Å²) in [5.41, 5.74) is 0. The molecule has 1 aromatic heterocycles. The molecule has 1 heterocycles. The summed E-state index contributed by atoms with van der Waals surface area (Å²) < 4.78 is 21.1. The minimum atomic E-state index is -3.40. The smallest absolute Gasteiger partial charge is 0.212 e. The second-order valence-corrected chi connectivity index (χ2v) is 6.49. The van der Waals surface area contributed by atoms with Gasteiger partial charge in [0.05, 0.1) is 10.8 Å². The molecule has 0 aliphatic carbocycles. The second-order valence-electron chi connectivity index (χ2n) is 2.18. The highest BCUT2D eigenvalue weighted by molar-refractivity contribution is 8.13. The first-order valence-corrected chi connectivity index (χ1v) is 6.87. The quantitative estimate of drug-likeness (QED) is 0.767. The Labute approximate surface area is 84.5 Å². The van der Waals surface area contributed by atoms with Crippen LogP contribution in [0.2, 0.25) is 5.02 Å². The highest BCUT2D eigenvalue weighted by Gasteiger charge is 2.08. The van der Waals surface area contributed by atoms with Crippen molar-refractivity contribution in [1.82, 2.24) is 0 Å². The van der Waals surface area contributed by atoms with Gasteiger partial charge in [0, 0.05) is 15.6 Å². The molecular formula is C6H6Cl2O2S2. The fourth-order valence-corrected chi connectivity index (χ4v) is 2.66. The summed E-state index contributed by atoms with van der Waals surface area (Å²) in [5, 5.41) is 2.43. The van der Waals surface area contributed by atoms with Crippen LogP contribution >= 0.6 is 33.6 Å². The van der Waals surface area contributed by atoms with Crippen molar-refractivity contribution >= 4 is 42.7 Å². The Balaban J connectivity index is 2.61. The third kappa shape index (κ3) is 3.31. The topological polar surface area (TPSA) is 34.1 Å². The number of thiophene rings is 1. The molecule has 0 aromatic carbocycles. The van der Waals surface area contributed by atoms with Crippen LogP contribution in [0.25, 0.3) is 0 Å². The third-order valence-electron chi connectivity index (χ3n) is 1.26. The van der Waals surface area contributed by atoms with Crippen molar-refractivity contribution < 1.29 is 8.42 Å². The maximum atomic E-state index is 10.6. The van der Waals surface area contributed by atoms with E-state index in [4.69, 9.17) is 22.3 Å². The SMILES string of the molecule is O=S(=O)(Cl)CCc1sccc1Cl. The maximum Gasteiger partial charge on any atom is 0.232 e. The molecule has 2 nitrogen and oxygen atoms in total. The lowest BCUT2D eigenvalue weighted by Crippen LogP contribution is -1.99. The zero-order valence-electron chi connectivity index (χ0n) is 5.96. The molecule has 0 spiro atoms. The predicted molar refractivity (Wildman–Crippen MR) is 52.7 cm³/mol. The summed E-state index contributed by atoms with van der Waals surface area (Å²) in [4.78, 5) is 0.862. The summed E-state index contributed by atoms with van der Waals surface area (Å²) in [5.74, 6) is -0.0607. The lowest BCUT2D eigenvalue weighted by molar-refractivity contribution is 0.609. The fourth-order valence-electron chi connectivity index (χ4n) is 0.718. The normalized spacial score (nSPS) is 11.8. The first-order valence-electron chi connectivity index (χ1n) is 3.13. The standard InChI is InChI=1S/C6H6Cl2O2S2/c7-5-1-3-11-6(5)2-4-12(8,9)10/h1,3H,2,4H2. The van der Waals surface area contributed by atoms with Gasteiger partial charge in [0.1, 0.15) is 0 Å². The van der Waals surface area contributed by atoms with Crippen LogP contribution in [0.1, 0.15) is 4.88 Å². The molecule has 1 rings (SSSR count). The molecule has 0 saturated heterocycles. The number of hydrogen-bond donors (Lipinski definition) is 0. The Bertz CT molecular complexity index is 355. The van der Waals surface area contributed by atoms with Crippen molar-refractivity contribution in [3.8, 4) is 0 Å². The molecule has 6 heteroatoms. The largest absolute Gasteiger partial charge is 0.232 e. The van der Waals surface area contributed by atoms with Crippen LogP contribution in [0.3, 0.4) is 0 Å². The van der Waals surface area contributed by atoms with Crippen LogP contribution in [0.5, 0.6) is 0 Å². The Morgan fingerprint density at radius 3 is 2.58 bits per heavy atom. The van der Waals surface area contributed by atoms with E-state index in [0.29, 0.717) is 11.4 Å². The number of halogens is 2. The van der Waals surface area contributed by atoms with Crippen molar-refractivity contribution in [2.45, 2.75) is 6.42 Å². The maximum absolute atomic E-state index is 10.6. The van der Waals surface area contributed by atoms with E-state index in [9.17, 15) is 8.42 Å². The molecule has 0 amide bonds. The zero-order chi connectivity index (χ0) is 9.19. The van der Waals surface area contributed by atoms with E-state index in [-0.39, 0.29) is 5.75 Å². The van der Waals surface area contributed by atoms with E-state index in [1.165, 1.54) is 11.3 Å². The van der Waals surface area contributed by atoms with Gasteiger partial charge in [-0.25, -0.2) is 8.42 Å². The number of aryl methyl sites for hydroxylation is 1. The van der Waals surface area contributed by atoms with Gasteiger partial charge < -0.3 is 0 Å². The van der Waals surface area contributed by atoms with Crippen LogP contribution in [0.15, 0.2) is 11.4 Å². The lowest BCUT2D eigenvalue weighted by atomic mass is 10.4. The summed E-state index contributed by atoms with van der Waals surface area (Å²) in [7, 11) is 1.64. The van der Waals surface area contributed by atoms with Gasteiger partial charge in [-0.15, -0.1) is 11.3 Å². The average molecular weight is 245 g/mol. The average Bonchev–Trinajstić information content (AvgIpc) is 2.29. The predicted octanol–water partition coefficient (Wildman–Crippen LogP) is 2.51. The van der Waals surface area contributed by atoms with Crippen LogP contribution in [-0.4, -0.2) is 14.2 Å². The van der Waals surface area contributed by atoms with E-state index in [0.717, 1.165) is 4.88 Å². The zero-order valence-corrected chi connectivity index (χ0v) is 9.10. The van der Waals surface area contributed by atoms with Gasteiger partial charge >= 0.3 is 0 Å². The van der Waals surface area contributed by atoms with Crippen molar-refractivity contribution in [2.75, 3.05) is 5.75 Å². The van der Waals surface area contributed by atoms with Crippen LogP contribution in [0, 0.1) is 0 Å². The van der Waals surface area contributed by atoms with Gasteiger partial charge in [-0.3, -0.25) is 0 Å². The van der Waals surface area contributed by atoms with Crippen LogP contribution < -0.4 is 0 Å². The van der Waals surface area contributed by atoms with Crippen molar-refractivity contribution in [3.63, 3.8) is 0 Å². The van der Waals surface area contributed by atoms with E-state index < -0.39 is 9.05 Å². The molecule has 68 valence electrons. The monoisotopic (exact) mass is 244 g/mol. The molecule has 0 bridgehead atoms. The molecule has 0 unspecified atom stereocenters. The van der Waals surface area contributed by atoms with Crippen molar-refractivity contribution in [1.29, 1.82) is 0 Å². The molecule has 12 heavy (non-hydrogen) atoms. The second kappa shape index (κ2) is 3.96. The van der Waals surface area contributed by atoms with Gasteiger partial charge in [0.2, 0.25) is 9.05 Å². The Morgan fingerprint density at radius 1 is 1.50 bits per heavy atom. The van der Waals surface area contributed by atoms with Crippen LogP contribution in [0.4, 0.5) is 0 Å². The lowest BCUT2D eigenvalue weighted by Gasteiger charge is -1.94.